The maximum absolute atomic E-state index is 13.0. The standard InChI is InChI=1S/C12H13ClFNO4S/c1-19-12(16)10-3-2-6-15(10)20(17,18)11-5-4-8(14)7-9(11)13/h4-5,7,10H,2-3,6H2,1H3. The number of ether oxygens (including phenoxy) is 1. The van der Waals surface area contributed by atoms with Gasteiger partial charge >= 0.3 is 5.97 Å². The lowest BCUT2D eigenvalue weighted by Gasteiger charge is -2.22. The Morgan fingerprint density at radius 1 is 1.50 bits per heavy atom. The quantitative estimate of drug-likeness (QED) is 0.796. The van der Waals surface area contributed by atoms with E-state index in [0.717, 1.165) is 22.5 Å². The fourth-order valence-corrected chi connectivity index (χ4v) is 4.36. The Labute approximate surface area is 121 Å². The molecule has 0 spiro atoms. The van der Waals surface area contributed by atoms with Crippen molar-refractivity contribution in [3.8, 4) is 0 Å². The van der Waals surface area contributed by atoms with Crippen LogP contribution in [-0.2, 0) is 19.6 Å². The molecule has 1 unspecified atom stereocenters. The molecule has 1 aliphatic heterocycles. The number of hydrogen-bond donors (Lipinski definition) is 0. The molecular weight excluding hydrogens is 309 g/mol. The molecule has 0 bridgehead atoms. The van der Waals surface area contributed by atoms with Gasteiger partial charge < -0.3 is 4.74 Å². The van der Waals surface area contributed by atoms with Crippen LogP contribution in [0.2, 0.25) is 5.02 Å². The number of benzene rings is 1. The summed E-state index contributed by atoms with van der Waals surface area (Å²) in [6.07, 6.45) is 0.947. The predicted octanol–water partition coefficient (Wildman–Crippen LogP) is 1.81. The van der Waals surface area contributed by atoms with Crippen LogP contribution in [0, 0.1) is 5.82 Å². The number of rotatable bonds is 3. The number of methoxy groups -OCH3 is 1. The summed E-state index contributed by atoms with van der Waals surface area (Å²) in [5.41, 5.74) is 0. The van der Waals surface area contributed by atoms with Crippen LogP contribution in [0.15, 0.2) is 23.1 Å². The van der Waals surface area contributed by atoms with Gasteiger partial charge in [0.15, 0.2) is 0 Å². The van der Waals surface area contributed by atoms with Crippen LogP contribution in [0.5, 0.6) is 0 Å². The van der Waals surface area contributed by atoms with E-state index in [-0.39, 0.29) is 16.5 Å². The summed E-state index contributed by atoms with van der Waals surface area (Å²) in [6, 6.07) is 2.19. The van der Waals surface area contributed by atoms with Crippen molar-refractivity contribution < 1.29 is 22.3 Å². The second-order valence-corrected chi connectivity index (χ2v) is 6.64. The fraction of sp³-hybridized carbons (Fsp3) is 0.417. The summed E-state index contributed by atoms with van der Waals surface area (Å²) in [7, 11) is -2.75. The van der Waals surface area contributed by atoms with Crippen LogP contribution >= 0.6 is 11.6 Å². The van der Waals surface area contributed by atoms with Gasteiger partial charge in [0, 0.05) is 6.54 Å². The minimum absolute atomic E-state index is 0.204. The molecule has 1 heterocycles. The number of sulfonamides is 1. The van der Waals surface area contributed by atoms with Crippen LogP contribution in [0.4, 0.5) is 4.39 Å². The zero-order chi connectivity index (χ0) is 14.9. The van der Waals surface area contributed by atoms with E-state index in [9.17, 15) is 17.6 Å². The predicted molar refractivity (Wildman–Crippen MR) is 70.3 cm³/mol. The van der Waals surface area contributed by atoms with E-state index < -0.39 is 27.9 Å². The fourth-order valence-electron chi connectivity index (χ4n) is 2.21. The third kappa shape index (κ3) is 2.65. The molecule has 0 radical (unpaired) electrons. The first-order valence-corrected chi connectivity index (χ1v) is 7.74. The SMILES string of the molecule is COC(=O)C1CCCN1S(=O)(=O)c1ccc(F)cc1Cl. The molecule has 1 fully saturated rings. The normalized spacial score (nSPS) is 20.1. The molecule has 0 aromatic heterocycles. The Morgan fingerprint density at radius 3 is 2.80 bits per heavy atom. The van der Waals surface area contributed by atoms with Crippen molar-refractivity contribution in [2.75, 3.05) is 13.7 Å². The molecule has 5 nitrogen and oxygen atoms in total. The highest BCUT2D eigenvalue weighted by molar-refractivity contribution is 7.89. The molecule has 2 rings (SSSR count). The minimum atomic E-state index is -3.96. The molecule has 110 valence electrons. The summed E-state index contributed by atoms with van der Waals surface area (Å²) in [5.74, 6) is -1.23. The van der Waals surface area contributed by atoms with Crippen molar-refractivity contribution in [3.63, 3.8) is 0 Å². The number of hydrogen-bond acceptors (Lipinski definition) is 4. The molecule has 1 aromatic rings. The third-order valence-electron chi connectivity index (χ3n) is 3.16. The zero-order valence-electron chi connectivity index (χ0n) is 10.7. The van der Waals surface area contributed by atoms with E-state index in [2.05, 4.69) is 4.74 Å². The molecule has 1 saturated heterocycles. The molecule has 1 atom stereocenters. The molecule has 0 saturated carbocycles. The van der Waals surface area contributed by atoms with Crippen molar-refractivity contribution in [2.24, 2.45) is 0 Å². The molecule has 1 aliphatic rings. The maximum atomic E-state index is 13.0. The topological polar surface area (TPSA) is 63.7 Å². The van der Waals surface area contributed by atoms with Gasteiger partial charge in [-0.15, -0.1) is 0 Å². The number of carbonyl (C=O) groups excluding carboxylic acids is 1. The lowest BCUT2D eigenvalue weighted by atomic mass is 10.2. The third-order valence-corrected chi connectivity index (χ3v) is 5.55. The Kier molecular flexibility index (Phi) is 4.31. The van der Waals surface area contributed by atoms with Crippen LogP contribution in [-0.4, -0.2) is 38.4 Å². The van der Waals surface area contributed by atoms with Gasteiger partial charge in [-0.25, -0.2) is 12.8 Å². The molecule has 0 amide bonds. The summed E-state index contributed by atoms with van der Waals surface area (Å²) in [6.45, 7) is 0.204. The van der Waals surface area contributed by atoms with E-state index in [0.29, 0.717) is 12.8 Å². The molecule has 1 aromatic carbocycles. The monoisotopic (exact) mass is 321 g/mol. The van der Waals surface area contributed by atoms with Crippen LogP contribution in [0.3, 0.4) is 0 Å². The van der Waals surface area contributed by atoms with Gasteiger partial charge in [0.25, 0.3) is 0 Å². The van der Waals surface area contributed by atoms with Crippen LogP contribution < -0.4 is 0 Å². The first kappa shape index (κ1) is 15.2. The average Bonchev–Trinajstić information content (AvgIpc) is 2.87. The van der Waals surface area contributed by atoms with Crippen molar-refractivity contribution in [1.82, 2.24) is 4.31 Å². The first-order valence-electron chi connectivity index (χ1n) is 5.92. The van der Waals surface area contributed by atoms with Crippen molar-refractivity contribution >= 4 is 27.6 Å². The smallest absolute Gasteiger partial charge is 0.324 e. The summed E-state index contributed by atoms with van der Waals surface area (Å²) < 4.78 is 43.7. The lowest BCUT2D eigenvalue weighted by molar-refractivity contribution is -0.144. The highest BCUT2D eigenvalue weighted by Gasteiger charge is 2.40. The van der Waals surface area contributed by atoms with Crippen LogP contribution in [0.25, 0.3) is 0 Å². The average molecular weight is 322 g/mol. The van der Waals surface area contributed by atoms with Gasteiger partial charge in [-0.2, -0.15) is 4.31 Å². The highest BCUT2D eigenvalue weighted by atomic mass is 35.5. The number of nitrogens with zero attached hydrogens (tertiary/aromatic N) is 1. The molecule has 0 aliphatic carbocycles. The Bertz CT molecular complexity index is 634. The summed E-state index contributed by atoms with van der Waals surface area (Å²) in [4.78, 5) is 11.4. The lowest BCUT2D eigenvalue weighted by Crippen LogP contribution is -2.41. The Morgan fingerprint density at radius 2 is 2.20 bits per heavy atom. The van der Waals surface area contributed by atoms with E-state index >= 15 is 0 Å². The van der Waals surface area contributed by atoms with Gasteiger partial charge in [-0.05, 0) is 31.0 Å². The zero-order valence-corrected chi connectivity index (χ0v) is 12.2. The maximum Gasteiger partial charge on any atom is 0.324 e. The number of halogens is 2. The van der Waals surface area contributed by atoms with Gasteiger partial charge in [0.05, 0.1) is 12.1 Å². The minimum Gasteiger partial charge on any atom is -0.468 e. The van der Waals surface area contributed by atoms with Crippen LogP contribution in [0.1, 0.15) is 12.8 Å². The largest absolute Gasteiger partial charge is 0.468 e. The molecule has 0 N–H and O–H groups in total. The number of carbonyl (C=O) groups is 1. The first-order chi connectivity index (χ1) is 9.37. The van der Waals surface area contributed by atoms with Gasteiger partial charge in [-0.3, -0.25) is 4.79 Å². The van der Waals surface area contributed by atoms with Gasteiger partial charge in [-0.1, -0.05) is 11.6 Å². The van der Waals surface area contributed by atoms with E-state index in [1.807, 2.05) is 0 Å². The number of esters is 1. The second kappa shape index (κ2) is 5.67. The van der Waals surface area contributed by atoms with E-state index in [1.54, 1.807) is 0 Å². The van der Waals surface area contributed by atoms with Crippen molar-refractivity contribution in [3.05, 3.63) is 29.0 Å². The van der Waals surface area contributed by atoms with E-state index in [1.165, 1.54) is 7.11 Å². The second-order valence-electron chi connectivity index (χ2n) is 4.37. The molecular formula is C12H13ClFNO4S. The molecule has 20 heavy (non-hydrogen) atoms. The molecule has 8 heteroatoms. The Hall–Kier alpha value is -1.18. The Balaban J connectivity index is 2.41. The van der Waals surface area contributed by atoms with Gasteiger partial charge in [0.1, 0.15) is 16.8 Å². The summed E-state index contributed by atoms with van der Waals surface area (Å²) in [5, 5.41) is -0.208. The van der Waals surface area contributed by atoms with Crippen molar-refractivity contribution in [2.45, 2.75) is 23.8 Å². The summed E-state index contributed by atoms with van der Waals surface area (Å²) >= 11 is 5.79. The van der Waals surface area contributed by atoms with E-state index in [4.69, 9.17) is 11.6 Å². The highest BCUT2D eigenvalue weighted by Crippen LogP contribution is 2.30. The van der Waals surface area contributed by atoms with Gasteiger partial charge in [0.2, 0.25) is 10.0 Å². The van der Waals surface area contributed by atoms with Crippen molar-refractivity contribution in [1.29, 1.82) is 0 Å².